The second kappa shape index (κ2) is 15.4. The molecule has 270 valence electrons. The number of hydrogen-bond acceptors (Lipinski definition) is 13. The Labute approximate surface area is 309 Å². The van der Waals surface area contributed by atoms with Gasteiger partial charge in [-0.15, -0.1) is 5.10 Å². The van der Waals surface area contributed by atoms with Gasteiger partial charge in [0.2, 0.25) is 21.3 Å². The van der Waals surface area contributed by atoms with Gasteiger partial charge in [-0.2, -0.15) is 15.0 Å². The minimum Gasteiger partial charge on any atom is -0.478 e. The average Bonchev–Trinajstić information content (AvgIpc) is 3.68. The summed E-state index contributed by atoms with van der Waals surface area (Å²) in [7, 11) is -0.492. The maximum atomic E-state index is 14.2. The number of carbonyl (C=O) groups is 1. The van der Waals surface area contributed by atoms with Crippen LogP contribution in [0.2, 0.25) is 5.28 Å². The summed E-state index contributed by atoms with van der Waals surface area (Å²) in [5.74, 6) is -0.592. The number of nitrogens with one attached hydrogen (secondary N) is 4. The molecule has 0 atom stereocenters. The van der Waals surface area contributed by atoms with Crippen molar-refractivity contribution < 1.29 is 22.3 Å². The molecule has 17 nitrogen and oxygen atoms in total. The van der Waals surface area contributed by atoms with Gasteiger partial charge in [-0.05, 0) is 76.8 Å². The number of sulfonamides is 1. The van der Waals surface area contributed by atoms with Crippen LogP contribution in [0.4, 0.5) is 39.0 Å². The Morgan fingerprint density at radius 2 is 1.79 bits per heavy atom. The summed E-state index contributed by atoms with van der Waals surface area (Å²) in [5.41, 5.74) is 7.32. The number of carbonyl (C=O) groups excluding carboxylic acids is 1. The maximum absolute atomic E-state index is 14.2. The third-order valence-electron chi connectivity index (χ3n) is 7.49. The molecule has 6 aromatic rings. The Balaban J connectivity index is 1.01. The third-order valence-corrected chi connectivity index (χ3v) is 9.72. The number of unbranched alkanes of at least 4 members (excludes halogenated alkanes) is 1. The Morgan fingerprint density at radius 1 is 1.02 bits per heavy atom. The molecule has 0 fully saturated rings. The fourth-order valence-electron chi connectivity index (χ4n) is 5.01. The molecule has 0 aliphatic heterocycles. The number of amides is 1. The summed E-state index contributed by atoms with van der Waals surface area (Å²) < 4.78 is 52.1. The molecule has 2 aromatic carbocycles. The number of benzene rings is 2. The normalized spacial score (nSPS) is 11.5. The predicted molar refractivity (Wildman–Crippen MR) is 195 cm³/mol. The molecule has 0 radical (unpaired) electrons. The lowest BCUT2D eigenvalue weighted by molar-refractivity contribution is 0.0997. The third kappa shape index (κ3) is 8.20. The van der Waals surface area contributed by atoms with Crippen molar-refractivity contribution in [2.24, 2.45) is 12.8 Å². The fourth-order valence-corrected chi connectivity index (χ4v) is 6.54. The number of methoxy groups -OCH3 is 1. The number of fused-ring (bicyclic) bond motifs is 1. The number of nitrogens with two attached hydrogens (primary N) is 1. The highest BCUT2D eigenvalue weighted by Crippen LogP contribution is 2.30. The molecule has 0 aliphatic carbocycles. The topological polar surface area (TPSA) is 222 Å². The fraction of sp³-hybridized carbons (Fsp3) is 0.194. The van der Waals surface area contributed by atoms with Gasteiger partial charge in [0.15, 0.2) is 17.0 Å². The molecule has 1 amide bonds. The van der Waals surface area contributed by atoms with Crippen molar-refractivity contribution in [1.29, 1.82) is 0 Å². The molecular formula is C31H30BrClFN13O4S. The Kier molecular flexibility index (Phi) is 10.8. The van der Waals surface area contributed by atoms with Gasteiger partial charge in [0.25, 0.3) is 11.8 Å². The number of imidazole rings is 1. The second-order valence-electron chi connectivity index (χ2n) is 11.1. The molecule has 0 bridgehead atoms. The van der Waals surface area contributed by atoms with E-state index in [1.165, 1.54) is 37.6 Å². The number of ether oxygens (including phenoxy) is 1. The number of primary amides is 1. The highest BCUT2D eigenvalue weighted by molar-refractivity contribution is 9.10. The first-order valence-electron chi connectivity index (χ1n) is 15.4. The van der Waals surface area contributed by atoms with Crippen molar-refractivity contribution >= 4 is 89.3 Å². The van der Waals surface area contributed by atoms with Gasteiger partial charge in [-0.3, -0.25) is 9.48 Å². The molecule has 0 saturated carbocycles. The van der Waals surface area contributed by atoms with E-state index in [9.17, 15) is 17.6 Å². The van der Waals surface area contributed by atoms with Gasteiger partial charge in [-0.25, -0.2) is 27.5 Å². The summed E-state index contributed by atoms with van der Waals surface area (Å²) in [6.45, 7) is 0.696. The quantitative estimate of drug-likeness (QED) is 0.0681. The minimum atomic E-state index is -3.79. The lowest BCUT2D eigenvalue weighted by atomic mass is 10.1. The largest absolute Gasteiger partial charge is 0.478 e. The predicted octanol–water partition coefficient (Wildman–Crippen LogP) is 5.00. The van der Waals surface area contributed by atoms with Gasteiger partial charge in [0, 0.05) is 32.0 Å². The van der Waals surface area contributed by atoms with Crippen LogP contribution in [-0.2, 0) is 23.6 Å². The second-order valence-corrected chi connectivity index (χ2v) is 14.1. The van der Waals surface area contributed by atoms with Gasteiger partial charge in [-0.1, -0.05) is 6.07 Å². The molecular weight excluding hydrogens is 785 g/mol. The number of hydrogen-bond donors (Lipinski definition) is 5. The standard InChI is InChI=1S/C31H30BrClFN13O4S/c1-46-16-37-24-27(42-30(33)44-28(24)46)41-22-15-47(45-29(22)51-2)13-4-3-12-38-52(49,50)18-10-8-17(9-11-18)39-31-36-14-19(32)26(43-31)40-21-7-5-6-20(34)23(21)25(35)48/h5-11,14-16,38H,3-4,12-13H2,1-2H3,(H2,35,48)(H,41,42,44)(H2,36,39,40,43). The van der Waals surface area contributed by atoms with Crippen molar-refractivity contribution in [3.63, 3.8) is 0 Å². The number of nitrogens with zero attached hydrogens (tertiary/aromatic N) is 8. The lowest BCUT2D eigenvalue weighted by Gasteiger charge is -2.13. The van der Waals surface area contributed by atoms with Crippen LogP contribution in [0.25, 0.3) is 11.2 Å². The van der Waals surface area contributed by atoms with Crippen molar-refractivity contribution in [2.45, 2.75) is 24.3 Å². The number of rotatable bonds is 15. The van der Waals surface area contributed by atoms with E-state index in [0.29, 0.717) is 58.1 Å². The first-order chi connectivity index (χ1) is 24.9. The zero-order valence-corrected chi connectivity index (χ0v) is 30.6. The number of anilines is 6. The smallest absolute Gasteiger partial charge is 0.256 e. The van der Waals surface area contributed by atoms with Crippen LogP contribution in [0.15, 0.2) is 70.6 Å². The molecule has 21 heteroatoms. The summed E-state index contributed by atoms with van der Waals surface area (Å²) in [5, 5.41) is 13.6. The molecule has 4 heterocycles. The van der Waals surface area contributed by atoms with Gasteiger partial charge in [0.05, 0.1) is 40.3 Å². The van der Waals surface area contributed by atoms with E-state index in [-0.39, 0.29) is 39.7 Å². The Bertz CT molecular complexity index is 2380. The van der Waals surface area contributed by atoms with Crippen LogP contribution in [0.3, 0.4) is 0 Å². The minimum absolute atomic E-state index is 0.0604. The Hall–Kier alpha value is -5.44. The molecule has 4 aromatic heterocycles. The first-order valence-corrected chi connectivity index (χ1v) is 18.0. The summed E-state index contributed by atoms with van der Waals surface area (Å²) in [4.78, 5) is 33.2. The van der Waals surface area contributed by atoms with Crippen molar-refractivity contribution in [3.8, 4) is 5.88 Å². The summed E-state index contributed by atoms with van der Waals surface area (Å²) in [6, 6.07) is 10.1. The highest BCUT2D eigenvalue weighted by Gasteiger charge is 2.18. The van der Waals surface area contributed by atoms with Crippen LogP contribution < -0.4 is 31.1 Å². The first kappa shape index (κ1) is 36.4. The van der Waals surface area contributed by atoms with E-state index < -0.39 is 21.7 Å². The SMILES string of the molecule is COc1nn(CCCCNS(=O)(=O)c2ccc(Nc3ncc(Br)c(Nc4cccc(F)c4C(N)=O)n3)cc2)cc1Nc1nc(Cl)nc2c1ncn2C. The lowest BCUT2D eigenvalue weighted by Crippen LogP contribution is -2.25. The van der Waals surface area contributed by atoms with E-state index in [1.807, 2.05) is 0 Å². The van der Waals surface area contributed by atoms with E-state index in [4.69, 9.17) is 22.1 Å². The number of halogens is 3. The van der Waals surface area contributed by atoms with Crippen LogP contribution >= 0.6 is 27.5 Å². The van der Waals surface area contributed by atoms with Crippen LogP contribution in [-0.4, -0.2) is 67.2 Å². The maximum Gasteiger partial charge on any atom is 0.256 e. The van der Waals surface area contributed by atoms with E-state index in [0.717, 1.165) is 6.07 Å². The molecule has 0 aliphatic rings. The van der Waals surface area contributed by atoms with Gasteiger partial charge >= 0.3 is 0 Å². The van der Waals surface area contributed by atoms with Crippen LogP contribution in [0.5, 0.6) is 5.88 Å². The van der Waals surface area contributed by atoms with Gasteiger partial charge < -0.3 is 31.0 Å². The van der Waals surface area contributed by atoms with Crippen molar-refractivity contribution in [2.75, 3.05) is 29.6 Å². The molecule has 0 unspecified atom stereocenters. The number of aromatic nitrogens is 8. The zero-order chi connectivity index (χ0) is 37.0. The molecule has 52 heavy (non-hydrogen) atoms. The molecule has 6 rings (SSSR count). The van der Waals surface area contributed by atoms with Crippen molar-refractivity contribution in [3.05, 3.63) is 82.3 Å². The van der Waals surface area contributed by atoms with Crippen molar-refractivity contribution in [1.82, 2.24) is 44.0 Å². The molecule has 0 spiro atoms. The highest BCUT2D eigenvalue weighted by atomic mass is 79.9. The zero-order valence-electron chi connectivity index (χ0n) is 27.4. The number of aryl methyl sites for hydroxylation is 2. The van der Waals surface area contributed by atoms with E-state index in [2.05, 4.69) is 66.6 Å². The van der Waals surface area contributed by atoms with Crippen LogP contribution in [0, 0.1) is 5.82 Å². The van der Waals surface area contributed by atoms with Crippen LogP contribution in [0.1, 0.15) is 23.2 Å². The average molecular weight is 815 g/mol. The van der Waals surface area contributed by atoms with Gasteiger partial charge in [0.1, 0.15) is 17.3 Å². The van der Waals surface area contributed by atoms with E-state index in [1.54, 1.807) is 41.0 Å². The van der Waals surface area contributed by atoms with E-state index >= 15 is 0 Å². The molecule has 0 saturated heterocycles. The monoisotopic (exact) mass is 813 g/mol. The summed E-state index contributed by atoms with van der Waals surface area (Å²) >= 11 is 9.45. The summed E-state index contributed by atoms with van der Waals surface area (Å²) in [6.07, 6.45) is 5.98. The Morgan fingerprint density at radius 3 is 2.54 bits per heavy atom. The molecule has 6 N–H and O–H groups in total.